The van der Waals surface area contributed by atoms with E-state index in [2.05, 4.69) is 60.3 Å². The molecule has 0 aromatic heterocycles. The van der Waals surface area contributed by atoms with Crippen molar-refractivity contribution in [2.75, 3.05) is 5.75 Å². The minimum atomic E-state index is -3.76. The normalized spacial score (nSPS) is 12.9. The molecule has 0 aliphatic heterocycles. The molecule has 2 atom stereocenters. The summed E-state index contributed by atoms with van der Waals surface area (Å²) in [7, 11) is 0.809. The van der Waals surface area contributed by atoms with Gasteiger partial charge in [-0.05, 0) is 34.9 Å². The molecule has 0 radical (unpaired) electrons. The standard InChI is InChI=1S/C28H34N2O2S.CH3.ClH.Ru/c1-20(2)24-16-11-17-25(21(3)4)26(24)18-19-33(31,32)30-28(23-14-9-6-10-15-23)27(29)22-12-7-5-8-13-22;;;/h5-17,20-21,27-29H,18-19H2,1-4H3;1H3;1H;/q-2;-1;;+4/p-1. The Hall–Kier alpha value is -1.56. The molecule has 36 heavy (non-hydrogen) atoms. The Labute approximate surface area is 232 Å². The number of halogens is 1. The first-order chi connectivity index (χ1) is 16.7. The molecule has 1 N–H and O–H groups in total. The van der Waals surface area contributed by atoms with Crippen molar-refractivity contribution in [3.8, 4) is 0 Å². The van der Waals surface area contributed by atoms with E-state index in [0.717, 1.165) is 16.7 Å². The van der Waals surface area contributed by atoms with Crippen LogP contribution >= 0.6 is 9.69 Å². The monoisotopic (exact) mass is 614 g/mol. The van der Waals surface area contributed by atoms with Crippen LogP contribution in [0.15, 0.2) is 78.9 Å². The van der Waals surface area contributed by atoms with Crippen molar-refractivity contribution in [1.29, 1.82) is 0 Å². The second-order valence-electron chi connectivity index (χ2n) is 9.11. The Bertz CT molecular complexity index is 1110. The summed E-state index contributed by atoms with van der Waals surface area (Å²) in [5.74, 6) is 0.554. The zero-order valence-electron chi connectivity index (χ0n) is 21.6. The molecule has 196 valence electrons. The first-order valence-corrected chi connectivity index (χ1v) is 15.5. The second-order valence-corrected chi connectivity index (χ2v) is 10.9. The van der Waals surface area contributed by atoms with Crippen molar-refractivity contribution in [2.45, 2.75) is 58.0 Å². The summed E-state index contributed by atoms with van der Waals surface area (Å²) in [6, 6.07) is 23.3. The molecule has 3 aromatic carbocycles. The van der Waals surface area contributed by atoms with E-state index in [1.54, 1.807) is 0 Å². The van der Waals surface area contributed by atoms with Crippen LogP contribution in [0, 0.1) is 7.43 Å². The predicted octanol–water partition coefficient (Wildman–Crippen LogP) is 8.85. The van der Waals surface area contributed by atoms with E-state index in [0.29, 0.717) is 18.3 Å². The van der Waals surface area contributed by atoms with Gasteiger partial charge in [-0.3, -0.25) is 0 Å². The molecule has 0 aliphatic carbocycles. The molecule has 0 amide bonds. The minimum absolute atomic E-state index is 0. The van der Waals surface area contributed by atoms with E-state index in [1.807, 2.05) is 78.0 Å². The zero-order valence-corrected chi connectivity index (χ0v) is 24.9. The fourth-order valence-corrected chi connectivity index (χ4v) is 5.41. The molecule has 7 heteroatoms. The van der Waals surface area contributed by atoms with E-state index in [9.17, 15) is 8.42 Å². The van der Waals surface area contributed by atoms with Crippen molar-refractivity contribution >= 4 is 19.7 Å². The SMILES string of the molecule is CC(C)c1cccc(C(C)C)c1CCS(=O)(=O)[N-]C(c1ccccc1)C([NH-])c1ccccc1.[CH3-].[Cl][Ru+3]. The summed E-state index contributed by atoms with van der Waals surface area (Å²) >= 11 is 1.82. The van der Waals surface area contributed by atoms with Gasteiger partial charge in [0.05, 0.1) is 10.0 Å². The van der Waals surface area contributed by atoms with Gasteiger partial charge in [0, 0.05) is 5.75 Å². The third kappa shape index (κ3) is 9.08. The van der Waals surface area contributed by atoms with Gasteiger partial charge in [-0.15, -0.1) is 12.1 Å². The maximum atomic E-state index is 13.2. The van der Waals surface area contributed by atoms with E-state index >= 15 is 0 Å². The Morgan fingerprint density at radius 1 is 0.778 bits per heavy atom. The van der Waals surface area contributed by atoms with Crippen LogP contribution in [0.2, 0.25) is 0 Å². The molecule has 0 spiro atoms. The summed E-state index contributed by atoms with van der Waals surface area (Å²) < 4.78 is 30.8. The summed E-state index contributed by atoms with van der Waals surface area (Å²) in [4.78, 5) is 0. The molecule has 0 saturated heterocycles. The average molecular weight is 614 g/mol. The van der Waals surface area contributed by atoms with Gasteiger partial charge in [0.25, 0.3) is 0 Å². The van der Waals surface area contributed by atoms with Gasteiger partial charge >= 0.3 is 27.0 Å². The van der Waals surface area contributed by atoms with Crippen molar-refractivity contribution < 1.29 is 25.7 Å². The number of nitrogens with zero attached hydrogens (tertiary/aromatic N) is 1. The molecular formula is C29H37ClN2O2RuS. The van der Waals surface area contributed by atoms with E-state index < -0.39 is 22.1 Å². The van der Waals surface area contributed by atoms with Gasteiger partial charge in [0.2, 0.25) is 0 Å². The van der Waals surface area contributed by atoms with Crippen LogP contribution in [-0.4, -0.2) is 14.2 Å². The van der Waals surface area contributed by atoms with Gasteiger partial charge in [-0.1, -0.05) is 118 Å². The fraction of sp³-hybridized carbons (Fsp3) is 0.345. The average Bonchev–Trinajstić information content (AvgIpc) is 2.87. The molecule has 0 aliphatic rings. The second kappa shape index (κ2) is 15.6. The van der Waals surface area contributed by atoms with E-state index in [4.69, 9.17) is 5.73 Å². The molecular weight excluding hydrogens is 577 g/mol. The molecule has 0 bridgehead atoms. The van der Waals surface area contributed by atoms with Crippen LogP contribution in [0.5, 0.6) is 0 Å². The zero-order chi connectivity index (χ0) is 26.0. The Morgan fingerprint density at radius 2 is 1.22 bits per heavy atom. The topological polar surface area (TPSA) is 72.0 Å². The van der Waals surface area contributed by atoms with Crippen LogP contribution in [-0.2, 0) is 33.8 Å². The van der Waals surface area contributed by atoms with Crippen LogP contribution in [0.25, 0.3) is 10.5 Å². The van der Waals surface area contributed by atoms with Crippen LogP contribution in [0.4, 0.5) is 0 Å². The third-order valence-electron chi connectivity index (χ3n) is 5.99. The van der Waals surface area contributed by atoms with Gasteiger partial charge in [-0.2, -0.15) is 0 Å². The quantitative estimate of drug-likeness (QED) is 0.169. The van der Waals surface area contributed by atoms with Gasteiger partial charge in [0.1, 0.15) is 0 Å². The number of hydrogen-bond donors (Lipinski definition) is 0. The number of nitrogens with one attached hydrogen (secondary N) is 1. The van der Waals surface area contributed by atoms with Crippen LogP contribution in [0.3, 0.4) is 0 Å². The van der Waals surface area contributed by atoms with Gasteiger partial charge in [-0.25, -0.2) is 8.42 Å². The Kier molecular flexibility index (Phi) is 14.1. The van der Waals surface area contributed by atoms with Crippen LogP contribution in [0.1, 0.15) is 79.4 Å². The maximum absolute atomic E-state index is 13.2. The van der Waals surface area contributed by atoms with E-state index in [1.165, 1.54) is 11.1 Å². The third-order valence-corrected chi connectivity index (χ3v) is 7.26. The first kappa shape index (κ1) is 32.5. The van der Waals surface area contributed by atoms with Crippen molar-refractivity contribution in [3.05, 3.63) is 125 Å². The Balaban J connectivity index is 0.00000211. The number of benzene rings is 3. The molecule has 3 rings (SSSR count). The Morgan fingerprint density at radius 3 is 1.67 bits per heavy atom. The molecule has 0 fully saturated rings. The summed E-state index contributed by atoms with van der Waals surface area (Å²) in [6.45, 7) is 8.55. The van der Waals surface area contributed by atoms with Gasteiger partial charge in [0.15, 0.2) is 0 Å². The molecule has 2 unspecified atom stereocenters. The summed E-state index contributed by atoms with van der Waals surface area (Å²) in [6.07, 6.45) is 0.420. The van der Waals surface area contributed by atoms with Crippen molar-refractivity contribution in [3.63, 3.8) is 0 Å². The summed E-state index contributed by atoms with van der Waals surface area (Å²) in [5.41, 5.74) is 13.8. The van der Waals surface area contributed by atoms with Crippen LogP contribution < -0.4 is 0 Å². The first-order valence-electron chi connectivity index (χ1n) is 11.7. The van der Waals surface area contributed by atoms with Crippen molar-refractivity contribution in [1.82, 2.24) is 0 Å². The van der Waals surface area contributed by atoms with Gasteiger partial charge < -0.3 is 17.9 Å². The molecule has 3 aromatic rings. The number of rotatable bonds is 10. The van der Waals surface area contributed by atoms with E-state index in [-0.39, 0.29) is 13.2 Å². The fourth-order valence-electron chi connectivity index (χ4n) is 4.26. The molecule has 4 nitrogen and oxygen atoms in total. The molecule has 0 saturated carbocycles. The summed E-state index contributed by atoms with van der Waals surface area (Å²) in [5, 5.41) is 0. The predicted molar refractivity (Wildman–Crippen MR) is 150 cm³/mol. The molecule has 0 heterocycles. The number of sulfonamides is 1. The van der Waals surface area contributed by atoms with Crippen molar-refractivity contribution in [2.24, 2.45) is 0 Å². The number of hydrogen-bond acceptors (Lipinski definition) is 2.